The molecule has 0 aromatic heterocycles. The summed E-state index contributed by atoms with van der Waals surface area (Å²) in [6, 6.07) is 0. The lowest BCUT2D eigenvalue weighted by Crippen LogP contribution is -2.18. The first-order chi connectivity index (χ1) is 11.0. The van der Waals surface area contributed by atoms with Gasteiger partial charge in [-0.15, -0.1) is 0 Å². The van der Waals surface area contributed by atoms with E-state index in [1.165, 1.54) is 51.4 Å². The molecule has 1 aliphatic rings. The highest BCUT2D eigenvalue weighted by atomic mass is 16.6. The number of hydrogen-bond donors (Lipinski definition) is 1. The maximum Gasteiger partial charge on any atom is 0.303 e. The van der Waals surface area contributed by atoms with Crippen LogP contribution in [-0.4, -0.2) is 23.3 Å². The van der Waals surface area contributed by atoms with E-state index < -0.39 is 5.97 Å². The van der Waals surface area contributed by atoms with E-state index in [1.54, 1.807) is 0 Å². The number of ether oxygens (including phenoxy) is 1. The molecule has 0 aromatic rings. The van der Waals surface area contributed by atoms with Crippen LogP contribution in [0, 0.1) is 5.41 Å². The molecule has 1 aliphatic heterocycles. The summed E-state index contributed by atoms with van der Waals surface area (Å²) in [6.45, 7) is 6.69. The van der Waals surface area contributed by atoms with Crippen molar-refractivity contribution in [1.29, 1.82) is 0 Å². The Morgan fingerprint density at radius 3 is 2.39 bits per heavy atom. The van der Waals surface area contributed by atoms with Crippen molar-refractivity contribution in [2.24, 2.45) is 5.41 Å². The van der Waals surface area contributed by atoms with Crippen LogP contribution >= 0.6 is 0 Å². The molecular weight excluding hydrogens is 288 g/mol. The quantitative estimate of drug-likeness (QED) is 0.252. The summed E-state index contributed by atoms with van der Waals surface area (Å²) < 4.78 is 5.88. The molecule has 1 rings (SSSR count). The Hall–Kier alpha value is -0.830. The van der Waals surface area contributed by atoms with Gasteiger partial charge < -0.3 is 9.84 Å². The second-order valence-corrected chi connectivity index (χ2v) is 7.51. The van der Waals surface area contributed by atoms with Crippen molar-refractivity contribution >= 4 is 5.97 Å². The second-order valence-electron chi connectivity index (χ2n) is 7.51. The first kappa shape index (κ1) is 20.2. The summed E-state index contributed by atoms with van der Waals surface area (Å²) in [7, 11) is 0. The number of aliphatic carboxylic acids is 1. The highest BCUT2D eigenvalue weighted by molar-refractivity contribution is 5.66. The van der Waals surface area contributed by atoms with E-state index in [0.717, 1.165) is 12.8 Å². The van der Waals surface area contributed by atoms with Crippen LogP contribution in [-0.2, 0) is 9.53 Å². The van der Waals surface area contributed by atoms with Crippen LogP contribution in [0.5, 0.6) is 0 Å². The number of epoxide rings is 1. The predicted molar refractivity (Wildman–Crippen MR) is 95.7 cm³/mol. The zero-order chi connectivity index (χ0) is 17.1. The van der Waals surface area contributed by atoms with Gasteiger partial charge in [0.05, 0.1) is 12.2 Å². The van der Waals surface area contributed by atoms with Gasteiger partial charge in [0.2, 0.25) is 0 Å². The van der Waals surface area contributed by atoms with Gasteiger partial charge in [-0.25, -0.2) is 0 Å². The topological polar surface area (TPSA) is 49.8 Å². The normalized spacial score (nSPS) is 21.0. The second kappa shape index (κ2) is 10.9. The Labute approximate surface area is 142 Å². The molecular formula is C20H36O3. The summed E-state index contributed by atoms with van der Waals surface area (Å²) in [5.74, 6) is -0.710. The Morgan fingerprint density at radius 2 is 1.74 bits per heavy atom. The van der Waals surface area contributed by atoms with E-state index in [4.69, 9.17) is 9.84 Å². The number of hydrogen-bond acceptors (Lipinski definition) is 2. The summed E-state index contributed by atoms with van der Waals surface area (Å²) >= 11 is 0. The Balaban J connectivity index is 2.08. The third-order valence-corrected chi connectivity index (χ3v) is 4.72. The van der Waals surface area contributed by atoms with Gasteiger partial charge in [-0.3, -0.25) is 4.79 Å². The van der Waals surface area contributed by atoms with Crippen molar-refractivity contribution < 1.29 is 14.6 Å². The van der Waals surface area contributed by atoms with E-state index in [9.17, 15) is 4.79 Å². The van der Waals surface area contributed by atoms with Gasteiger partial charge in [0.15, 0.2) is 0 Å². The van der Waals surface area contributed by atoms with Crippen molar-refractivity contribution in [3.05, 3.63) is 12.2 Å². The number of rotatable bonds is 14. The van der Waals surface area contributed by atoms with Crippen LogP contribution in [0.3, 0.4) is 0 Å². The molecule has 0 amide bonds. The monoisotopic (exact) mass is 324 g/mol. The van der Waals surface area contributed by atoms with Gasteiger partial charge >= 0.3 is 5.97 Å². The molecule has 1 heterocycles. The fourth-order valence-corrected chi connectivity index (χ4v) is 3.17. The van der Waals surface area contributed by atoms with E-state index >= 15 is 0 Å². The molecule has 1 fully saturated rings. The molecule has 0 saturated carbocycles. The minimum atomic E-state index is -0.710. The highest BCUT2D eigenvalue weighted by Crippen LogP contribution is 2.42. The van der Waals surface area contributed by atoms with Crippen molar-refractivity contribution in [2.75, 3.05) is 0 Å². The number of allylic oxidation sites excluding steroid dienone is 1. The van der Waals surface area contributed by atoms with Gasteiger partial charge in [0, 0.05) is 11.8 Å². The zero-order valence-corrected chi connectivity index (χ0v) is 15.4. The van der Waals surface area contributed by atoms with E-state index in [1.807, 2.05) is 0 Å². The fourth-order valence-electron chi connectivity index (χ4n) is 3.17. The fraction of sp³-hybridized carbons (Fsp3) is 0.850. The Bertz CT molecular complexity index is 360. The predicted octanol–water partition coefficient (Wildman–Crippen LogP) is 5.73. The standard InChI is InChI=1S/C20H36O3/c1-4-5-6-7-8-9-11-14-17-19(23-17)20(2,3)16-13-10-12-15-18(21)22/h13,16-17,19H,4-12,14-15H2,1-3H3,(H,21,22)/b16-13-. The minimum absolute atomic E-state index is 0.0645. The van der Waals surface area contributed by atoms with Crippen LogP contribution in [0.2, 0.25) is 0 Å². The molecule has 2 atom stereocenters. The lowest BCUT2D eigenvalue weighted by molar-refractivity contribution is -0.137. The summed E-state index contributed by atoms with van der Waals surface area (Å²) in [5, 5.41) is 8.62. The largest absolute Gasteiger partial charge is 0.481 e. The van der Waals surface area contributed by atoms with Crippen LogP contribution in [0.15, 0.2) is 12.2 Å². The smallest absolute Gasteiger partial charge is 0.303 e. The third kappa shape index (κ3) is 9.14. The SMILES string of the molecule is CCCCCCCCCC1OC1C(C)(C)/C=C\CCCC(=O)O. The lowest BCUT2D eigenvalue weighted by Gasteiger charge is -2.17. The molecule has 3 nitrogen and oxygen atoms in total. The number of unbranched alkanes of at least 4 members (excludes halogenated alkanes) is 7. The zero-order valence-electron chi connectivity index (χ0n) is 15.4. The molecule has 0 spiro atoms. The Morgan fingerprint density at radius 1 is 1.09 bits per heavy atom. The van der Waals surface area contributed by atoms with Gasteiger partial charge in [-0.2, -0.15) is 0 Å². The van der Waals surface area contributed by atoms with Crippen molar-refractivity contribution in [3.63, 3.8) is 0 Å². The maximum absolute atomic E-state index is 10.5. The molecule has 1 saturated heterocycles. The summed E-state index contributed by atoms with van der Waals surface area (Å²) in [4.78, 5) is 10.5. The number of carbonyl (C=O) groups is 1. The highest BCUT2D eigenvalue weighted by Gasteiger charge is 2.47. The molecule has 0 bridgehead atoms. The van der Waals surface area contributed by atoms with Crippen molar-refractivity contribution in [2.45, 2.75) is 104 Å². The molecule has 0 aliphatic carbocycles. The molecule has 134 valence electrons. The van der Waals surface area contributed by atoms with Crippen LogP contribution < -0.4 is 0 Å². The van der Waals surface area contributed by atoms with E-state index in [-0.39, 0.29) is 11.8 Å². The molecule has 0 aromatic carbocycles. The number of carboxylic acids is 1. The lowest BCUT2D eigenvalue weighted by atomic mass is 9.85. The van der Waals surface area contributed by atoms with E-state index in [0.29, 0.717) is 12.2 Å². The van der Waals surface area contributed by atoms with Crippen molar-refractivity contribution in [3.8, 4) is 0 Å². The molecule has 23 heavy (non-hydrogen) atoms. The minimum Gasteiger partial charge on any atom is -0.481 e. The number of carboxylic acid groups (broad SMARTS) is 1. The maximum atomic E-state index is 10.5. The van der Waals surface area contributed by atoms with Crippen LogP contribution in [0.25, 0.3) is 0 Å². The van der Waals surface area contributed by atoms with Crippen molar-refractivity contribution in [1.82, 2.24) is 0 Å². The Kier molecular flexibility index (Phi) is 9.54. The van der Waals surface area contributed by atoms with Gasteiger partial charge in [-0.1, -0.05) is 77.9 Å². The third-order valence-electron chi connectivity index (χ3n) is 4.72. The van der Waals surface area contributed by atoms with Gasteiger partial charge in [-0.05, 0) is 19.3 Å². The molecule has 3 heteroatoms. The van der Waals surface area contributed by atoms with Crippen LogP contribution in [0.1, 0.15) is 91.4 Å². The average Bonchev–Trinajstić information content (AvgIpc) is 3.26. The van der Waals surface area contributed by atoms with Gasteiger partial charge in [0.25, 0.3) is 0 Å². The average molecular weight is 325 g/mol. The summed E-state index contributed by atoms with van der Waals surface area (Å²) in [6.07, 6.45) is 17.6. The summed E-state index contributed by atoms with van der Waals surface area (Å²) in [5.41, 5.74) is 0.0645. The first-order valence-electron chi connectivity index (χ1n) is 9.52. The molecule has 0 radical (unpaired) electrons. The first-order valence-corrected chi connectivity index (χ1v) is 9.52. The molecule has 1 N–H and O–H groups in total. The van der Waals surface area contributed by atoms with E-state index in [2.05, 4.69) is 32.9 Å². The molecule has 2 unspecified atom stereocenters. The van der Waals surface area contributed by atoms with Gasteiger partial charge in [0.1, 0.15) is 0 Å². The van der Waals surface area contributed by atoms with Crippen LogP contribution in [0.4, 0.5) is 0 Å².